The number of nitrogens with zero attached hydrogens (tertiary/aromatic N) is 2. The molecule has 0 radical (unpaired) electrons. The third-order valence-electron chi connectivity index (χ3n) is 4.17. The molecule has 146 valence electrons. The molecule has 4 rings (SSSR count). The van der Waals surface area contributed by atoms with E-state index in [2.05, 4.69) is 15.6 Å². The summed E-state index contributed by atoms with van der Waals surface area (Å²) >= 11 is 1.47. The Hall–Kier alpha value is -3.72. The summed E-state index contributed by atoms with van der Waals surface area (Å²) in [5.41, 5.74) is 0.0331. The second kappa shape index (κ2) is 8.11. The maximum absolute atomic E-state index is 12.7. The van der Waals surface area contributed by atoms with Crippen molar-refractivity contribution < 1.29 is 14.0 Å². The second-order valence-electron chi connectivity index (χ2n) is 6.16. The highest BCUT2D eigenvalue weighted by atomic mass is 32.1. The lowest BCUT2D eigenvalue weighted by Gasteiger charge is -2.09. The Morgan fingerprint density at radius 2 is 2.07 bits per heavy atom. The Morgan fingerprint density at radius 1 is 1.17 bits per heavy atom. The van der Waals surface area contributed by atoms with Crippen molar-refractivity contribution in [1.29, 1.82) is 0 Å². The minimum atomic E-state index is -0.463. The number of pyridine rings is 1. The quantitative estimate of drug-likeness (QED) is 0.510. The van der Waals surface area contributed by atoms with E-state index < -0.39 is 5.56 Å². The fourth-order valence-electron chi connectivity index (χ4n) is 2.81. The Kier molecular flexibility index (Phi) is 5.21. The number of nitrogens with one attached hydrogen (secondary N) is 2. The average molecular weight is 408 g/mol. The van der Waals surface area contributed by atoms with E-state index >= 15 is 0 Å². The first-order valence-electron chi connectivity index (χ1n) is 8.75. The highest BCUT2D eigenvalue weighted by molar-refractivity contribution is 7.10. The second-order valence-corrected chi connectivity index (χ2v) is 7.19. The van der Waals surface area contributed by atoms with Gasteiger partial charge in [0.25, 0.3) is 11.5 Å². The molecular formula is C20H16N4O4S. The first kappa shape index (κ1) is 18.6. The summed E-state index contributed by atoms with van der Waals surface area (Å²) in [6.07, 6.45) is 4.47. The number of aromatic nitrogens is 2. The molecule has 4 aromatic heterocycles. The van der Waals surface area contributed by atoms with Crippen LogP contribution >= 0.6 is 11.3 Å². The first-order chi connectivity index (χ1) is 14.1. The Morgan fingerprint density at radius 3 is 2.83 bits per heavy atom. The molecule has 0 atom stereocenters. The van der Waals surface area contributed by atoms with Gasteiger partial charge in [-0.05, 0) is 35.7 Å². The van der Waals surface area contributed by atoms with Gasteiger partial charge in [-0.15, -0.1) is 11.3 Å². The summed E-state index contributed by atoms with van der Waals surface area (Å²) in [5.74, 6) is -0.0843. The van der Waals surface area contributed by atoms with Gasteiger partial charge in [-0.25, -0.2) is 4.98 Å². The molecule has 29 heavy (non-hydrogen) atoms. The van der Waals surface area contributed by atoms with Gasteiger partial charge >= 0.3 is 0 Å². The van der Waals surface area contributed by atoms with Crippen LogP contribution in [0, 0.1) is 0 Å². The van der Waals surface area contributed by atoms with Crippen molar-refractivity contribution in [3.8, 4) is 0 Å². The fraction of sp³-hybridized carbons (Fsp3) is 0.100. The number of hydrogen-bond acceptors (Lipinski definition) is 6. The van der Waals surface area contributed by atoms with Gasteiger partial charge in [-0.1, -0.05) is 6.07 Å². The molecule has 0 aliphatic heterocycles. The Labute approximate surface area is 168 Å². The van der Waals surface area contributed by atoms with Crippen LogP contribution in [0.2, 0.25) is 0 Å². The highest BCUT2D eigenvalue weighted by Crippen LogP contribution is 2.12. The van der Waals surface area contributed by atoms with Gasteiger partial charge in [-0.3, -0.25) is 18.8 Å². The molecule has 0 aliphatic carbocycles. The number of hydrogen-bond donors (Lipinski definition) is 2. The molecule has 0 saturated carbocycles. The van der Waals surface area contributed by atoms with Crippen LogP contribution in [-0.4, -0.2) is 21.2 Å². The number of fused-ring (bicyclic) bond motifs is 1. The van der Waals surface area contributed by atoms with Gasteiger partial charge in [-0.2, -0.15) is 0 Å². The van der Waals surface area contributed by atoms with Crippen LogP contribution in [0.15, 0.2) is 69.6 Å². The fourth-order valence-corrected chi connectivity index (χ4v) is 3.51. The van der Waals surface area contributed by atoms with Gasteiger partial charge < -0.3 is 15.1 Å². The highest BCUT2D eigenvalue weighted by Gasteiger charge is 2.15. The van der Waals surface area contributed by atoms with Gasteiger partial charge in [0.05, 0.1) is 31.0 Å². The molecule has 4 heterocycles. The molecule has 0 spiro atoms. The van der Waals surface area contributed by atoms with Crippen molar-refractivity contribution >= 4 is 34.5 Å². The van der Waals surface area contributed by atoms with Crippen molar-refractivity contribution in [3.63, 3.8) is 0 Å². The third-order valence-corrected chi connectivity index (χ3v) is 5.05. The number of carbonyl (C=O) groups excluding carboxylic acids is 2. The van der Waals surface area contributed by atoms with Crippen molar-refractivity contribution in [2.24, 2.45) is 0 Å². The molecular weight excluding hydrogens is 392 g/mol. The van der Waals surface area contributed by atoms with Gasteiger partial charge in [0.15, 0.2) is 5.65 Å². The largest absolute Gasteiger partial charge is 0.467 e. The lowest BCUT2D eigenvalue weighted by molar-refractivity contribution is -0.115. The van der Waals surface area contributed by atoms with E-state index in [0.29, 0.717) is 5.76 Å². The standard InChI is InChI=1S/C20H16N4O4S/c25-17(10-14-5-3-9-29-14)23-16-12-21-18-15(6-1-7-24(18)20(16)27)19(26)22-11-13-4-2-8-28-13/h1-9,12H,10-11H2,(H,22,26)(H,23,25). The zero-order valence-electron chi connectivity index (χ0n) is 15.1. The lowest BCUT2D eigenvalue weighted by Crippen LogP contribution is -2.27. The van der Waals surface area contributed by atoms with E-state index in [1.54, 1.807) is 24.3 Å². The predicted molar refractivity (Wildman–Crippen MR) is 108 cm³/mol. The van der Waals surface area contributed by atoms with E-state index in [1.807, 2.05) is 17.5 Å². The number of anilines is 1. The van der Waals surface area contributed by atoms with Crippen LogP contribution in [0.3, 0.4) is 0 Å². The van der Waals surface area contributed by atoms with E-state index in [1.165, 1.54) is 34.4 Å². The van der Waals surface area contributed by atoms with Gasteiger partial charge in [0.1, 0.15) is 11.4 Å². The zero-order chi connectivity index (χ0) is 20.2. The summed E-state index contributed by atoms with van der Waals surface area (Å²) in [7, 11) is 0. The smallest absolute Gasteiger partial charge is 0.281 e. The lowest BCUT2D eigenvalue weighted by atomic mass is 10.2. The van der Waals surface area contributed by atoms with Crippen LogP contribution in [0.25, 0.3) is 5.65 Å². The normalized spacial score (nSPS) is 10.8. The predicted octanol–water partition coefficient (Wildman–Crippen LogP) is 2.46. The molecule has 0 fully saturated rings. The zero-order valence-corrected chi connectivity index (χ0v) is 15.9. The van der Waals surface area contributed by atoms with Crippen molar-refractivity contribution in [3.05, 3.63) is 87.0 Å². The van der Waals surface area contributed by atoms with Crippen LogP contribution in [-0.2, 0) is 17.8 Å². The molecule has 2 N–H and O–H groups in total. The van der Waals surface area contributed by atoms with E-state index in [0.717, 1.165) is 4.88 Å². The molecule has 9 heteroatoms. The molecule has 8 nitrogen and oxygen atoms in total. The monoisotopic (exact) mass is 408 g/mol. The third kappa shape index (κ3) is 4.09. The number of rotatable bonds is 6. The summed E-state index contributed by atoms with van der Waals surface area (Å²) in [4.78, 5) is 42.6. The average Bonchev–Trinajstić information content (AvgIpc) is 3.42. The van der Waals surface area contributed by atoms with Crippen LogP contribution in [0.1, 0.15) is 21.0 Å². The first-order valence-corrected chi connectivity index (χ1v) is 9.63. The Balaban J connectivity index is 1.56. The molecule has 4 aromatic rings. The molecule has 0 aliphatic rings. The van der Waals surface area contributed by atoms with E-state index in [-0.39, 0.29) is 41.7 Å². The summed E-state index contributed by atoms with van der Waals surface area (Å²) < 4.78 is 6.43. The molecule has 0 bridgehead atoms. The topological polar surface area (TPSA) is 106 Å². The molecule has 2 amide bonds. The van der Waals surface area contributed by atoms with E-state index in [9.17, 15) is 14.4 Å². The van der Waals surface area contributed by atoms with Crippen molar-refractivity contribution in [2.45, 2.75) is 13.0 Å². The van der Waals surface area contributed by atoms with Crippen LogP contribution in [0.4, 0.5) is 5.69 Å². The molecule has 0 saturated heterocycles. The maximum Gasteiger partial charge on any atom is 0.281 e. The van der Waals surface area contributed by atoms with Crippen LogP contribution < -0.4 is 16.2 Å². The number of amides is 2. The minimum Gasteiger partial charge on any atom is -0.467 e. The minimum absolute atomic E-state index is 0.0530. The summed E-state index contributed by atoms with van der Waals surface area (Å²) in [6, 6.07) is 10.3. The number of thiophene rings is 1. The van der Waals surface area contributed by atoms with Crippen molar-refractivity contribution in [1.82, 2.24) is 14.7 Å². The Bertz CT molecular complexity index is 1210. The number of carbonyl (C=O) groups is 2. The summed E-state index contributed by atoms with van der Waals surface area (Å²) in [6.45, 7) is 0.216. The van der Waals surface area contributed by atoms with Crippen LogP contribution in [0.5, 0.6) is 0 Å². The van der Waals surface area contributed by atoms with Gasteiger partial charge in [0.2, 0.25) is 5.91 Å². The number of furan rings is 1. The molecule has 0 aromatic carbocycles. The summed E-state index contributed by atoms with van der Waals surface area (Å²) in [5, 5.41) is 7.20. The SMILES string of the molecule is O=C(Cc1cccs1)Nc1cnc2c(C(=O)NCc3ccco3)cccn2c1=O. The van der Waals surface area contributed by atoms with E-state index in [4.69, 9.17) is 4.42 Å². The van der Waals surface area contributed by atoms with Gasteiger partial charge in [0, 0.05) is 11.1 Å². The molecule has 0 unspecified atom stereocenters. The van der Waals surface area contributed by atoms with Crippen molar-refractivity contribution in [2.75, 3.05) is 5.32 Å². The maximum atomic E-state index is 12.7.